The van der Waals surface area contributed by atoms with Crippen LogP contribution in [0.5, 0.6) is 0 Å². The first-order valence-electron chi connectivity index (χ1n) is 10.5. The number of thioether (sulfide) groups is 1. The van der Waals surface area contributed by atoms with Gasteiger partial charge in [-0.15, -0.1) is 34.4 Å². The SMILES string of the molecule is Nc1nc(/C(=N/OCC(=O)O)C(=O)NC2C(=O)N3C(C(=O)S)=C(c4nc5ccccc5s4)CS[C@H]23)cs1. The minimum Gasteiger partial charge on any atom is -0.479 e. The number of carbonyl (C=O) groups is 4. The highest BCUT2D eigenvalue weighted by Crippen LogP contribution is 2.45. The van der Waals surface area contributed by atoms with E-state index in [-0.39, 0.29) is 22.2 Å². The number of oxime groups is 1. The van der Waals surface area contributed by atoms with Crippen LogP contribution >= 0.6 is 47.1 Å². The molecule has 4 heterocycles. The second kappa shape index (κ2) is 10.1. The Morgan fingerprint density at radius 1 is 1.30 bits per heavy atom. The van der Waals surface area contributed by atoms with Gasteiger partial charge < -0.3 is 21.0 Å². The maximum absolute atomic E-state index is 13.1. The molecule has 0 bridgehead atoms. The summed E-state index contributed by atoms with van der Waals surface area (Å²) in [7, 11) is 0. The number of carbonyl (C=O) groups excluding carboxylic acids is 3. The molecule has 2 atom stereocenters. The molecule has 1 fully saturated rings. The number of nitrogens with two attached hydrogens (primary N) is 1. The van der Waals surface area contributed by atoms with Gasteiger partial charge in [-0.1, -0.05) is 29.9 Å². The van der Waals surface area contributed by atoms with Crippen LogP contribution in [0.4, 0.5) is 5.13 Å². The molecule has 0 aliphatic carbocycles. The number of thiol groups is 1. The number of para-hydroxylation sites is 1. The Bertz CT molecular complexity index is 1480. The van der Waals surface area contributed by atoms with Crippen LogP contribution in [-0.2, 0) is 24.0 Å². The van der Waals surface area contributed by atoms with E-state index < -0.39 is 40.9 Å². The third kappa shape index (κ3) is 4.79. The Hall–Kier alpha value is -3.47. The van der Waals surface area contributed by atoms with Gasteiger partial charge in [-0.2, -0.15) is 0 Å². The number of anilines is 1. The number of nitrogens with one attached hydrogen (secondary N) is 1. The summed E-state index contributed by atoms with van der Waals surface area (Å²) >= 11 is 7.84. The Balaban J connectivity index is 1.39. The molecule has 12 nitrogen and oxygen atoms in total. The number of fused-ring (bicyclic) bond motifs is 2. The first kappa shape index (κ1) is 25.2. The van der Waals surface area contributed by atoms with E-state index in [1.54, 1.807) is 0 Å². The molecule has 5 rings (SSSR count). The summed E-state index contributed by atoms with van der Waals surface area (Å²) in [5.41, 5.74) is 6.89. The largest absolute Gasteiger partial charge is 0.479 e. The summed E-state index contributed by atoms with van der Waals surface area (Å²) in [6.07, 6.45) is 0. The quantitative estimate of drug-likeness (QED) is 0.133. The second-order valence-corrected chi connectivity index (χ2v) is 11.1. The Labute approximate surface area is 226 Å². The number of thiazole rings is 2. The van der Waals surface area contributed by atoms with Crippen LogP contribution in [0.15, 0.2) is 40.5 Å². The van der Waals surface area contributed by atoms with Crippen molar-refractivity contribution in [2.75, 3.05) is 18.1 Å². The minimum atomic E-state index is -1.29. The van der Waals surface area contributed by atoms with Gasteiger partial charge in [-0.25, -0.2) is 14.8 Å². The zero-order valence-electron chi connectivity index (χ0n) is 18.5. The number of aromatic nitrogens is 2. The predicted molar refractivity (Wildman–Crippen MR) is 142 cm³/mol. The molecule has 16 heteroatoms. The number of nitrogen functional groups attached to an aromatic ring is 1. The molecule has 2 amide bonds. The number of nitrogens with zero attached hydrogens (tertiary/aromatic N) is 4. The number of amides is 2. The van der Waals surface area contributed by atoms with Crippen molar-refractivity contribution in [3.05, 3.63) is 46.0 Å². The summed E-state index contributed by atoms with van der Waals surface area (Å²) in [6, 6.07) is 6.58. The molecule has 4 N–H and O–H groups in total. The van der Waals surface area contributed by atoms with E-state index >= 15 is 0 Å². The molecule has 37 heavy (non-hydrogen) atoms. The Morgan fingerprint density at radius 2 is 2.08 bits per heavy atom. The average molecular weight is 577 g/mol. The molecule has 2 aliphatic heterocycles. The van der Waals surface area contributed by atoms with Gasteiger partial charge >= 0.3 is 5.97 Å². The molecule has 0 spiro atoms. The number of hydrogen-bond acceptors (Lipinski definition) is 12. The maximum atomic E-state index is 13.1. The average Bonchev–Trinajstić information content (AvgIpc) is 3.49. The number of β-lactam (4-membered cyclic amide) rings is 1. The van der Waals surface area contributed by atoms with E-state index in [0.29, 0.717) is 16.3 Å². The summed E-state index contributed by atoms with van der Waals surface area (Å²) in [5.74, 6) is -2.24. The highest BCUT2D eigenvalue weighted by Gasteiger charge is 2.54. The molecule has 1 aromatic carbocycles. The van der Waals surface area contributed by atoms with Gasteiger partial charge in [-0.3, -0.25) is 19.3 Å². The fourth-order valence-corrected chi connectivity index (χ4v) is 6.98. The zero-order valence-corrected chi connectivity index (χ0v) is 21.8. The van der Waals surface area contributed by atoms with Gasteiger partial charge in [0.2, 0.25) is 11.7 Å². The second-order valence-electron chi connectivity index (χ2n) is 7.66. The highest BCUT2D eigenvalue weighted by molar-refractivity contribution is 8.00. The van der Waals surface area contributed by atoms with E-state index in [4.69, 9.17) is 15.7 Å². The van der Waals surface area contributed by atoms with E-state index in [2.05, 4.69) is 33.1 Å². The molecule has 190 valence electrons. The standard InChI is InChI=1S/C21H16N6O6S4/c22-21-24-10(7-36-21)13(26-33-5-12(28)29)16(30)25-14-18(31)27-15(20(32)34)8(6-35-19(14)27)17-23-9-3-1-2-4-11(9)37-17/h1-4,7,14,19H,5-6H2,(H2,22,24)(H,25,30)(H,28,29)(H,32,34)/b26-13-/t14?,19-/m1/s1. The normalized spacial score (nSPS) is 19.4. The lowest BCUT2D eigenvalue weighted by molar-refractivity contribution is -0.145. The van der Waals surface area contributed by atoms with E-state index in [1.807, 2.05) is 24.3 Å². The van der Waals surface area contributed by atoms with Gasteiger partial charge in [0.05, 0.1) is 10.2 Å². The lowest BCUT2D eigenvalue weighted by Gasteiger charge is -2.49. The van der Waals surface area contributed by atoms with Crippen molar-refractivity contribution < 1.29 is 29.1 Å². The van der Waals surface area contributed by atoms with Gasteiger partial charge in [0.1, 0.15) is 27.8 Å². The number of aliphatic carboxylic acids is 1. The van der Waals surface area contributed by atoms with Crippen molar-refractivity contribution in [3.8, 4) is 0 Å². The van der Waals surface area contributed by atoms with Crippen LogP contribution < -0.4 is 11.1 Å². The van der Waals surface area contributed by atoms with Crippen LogP contribution in [0.25, 0.3) is 15.8 Å². The third-order valence-electron chi connectivity index (χ3n) is 5.33. The molecular formula is C21H16N6O6S4. The van der Waals surface area contributed by atoms with Crippen molar-refractivity contribution in [1.82, 2.24) is 20.2 Å². The van der Waals surface area contributed by atoms with Crippen molar-refractivity contribution in [1.29, 1.82) is 0 Å². The lowest BCUT2D eigenvalue weighted by Crippen LogP contribution is -2.70. The van der Waals surface area contributed by atoms with Crippen molar-refractivity contribution >= 4 is 96.6 Å². The summed E-state index contributed by atoms with van der Waals surface area (Å²) in [5, 5.41) is 16.1. The first-order chi connectivity index (χ1) is 17.7. The van der Waals surface area contributed by atoms with Crippen molar-refractivity contribution in [2.24, 2.45) is 5.16 Å². The number of benzene rings is 1. The van der Waals surface area contributed by atoms with Gasteiger partial charge in [-0.05, 0) is 12.1 Å². The lowest BCUT2D eigenvalue weighted by atomic mass is 10.0. The fourth-order valence-electron chi connectivity index (χ4n) is 3.75. The molecule has 2 aliphatic rings. The molecular weight excluding hydrogens is 561 g/mol. The third-order valence-corrected chi connectivity index (χ3v) is 8.59. The maximum Gasteiger partial charge on any atom is 0.344 e. The topological polar surface area (TPSA) is 177 Å². The van der Waals surface area contributed by atoms with Crippen LogP contribution in [0, 0.1) is 0 Å². The minimum absolute atomic E-state index is 0.0644. The molecule has 1 unspecified atom stereocenters. The monoisotopic (exact) mass is 576 g/mol. The van der Waals surface area contributed by atoms with Crippen molar-refractivity contribution in [2.45, 2.75) is 11.4 Å². The molecule has 3 aromatic rings. The zero-order chi connectivity index (χ0) is 26.3. The van der Waals surface area contributed by atoms with Crippen LogP contribution in [0.1, 0.15) is 10.7 Å². The first-order valence-corrected chi connectivity index (χ1v) is 13.6. The number of carboxylic acids is 1. The summed E-state index contributed by atoms with van der Waals surface area (Å²) in [6.45, 7) is -0.780. The van der Waals surface area contributed by atoms with Crippen LogP contribution in [0.3, 0.4) is 0 Å². The van der Waals surface area contributed by atoms with E-state index in [1.165, 1.54) is 33.4 Å². The molecule has 1 saturated heterocycles. The van der Waals surface area contributed by atoms with Crippen LogP contribution in [0.2, 0.25) is 0 Å². The van der Waals surface area contributed by atoms with E-state index in [0.717, 1.165) is 21.6 Å². The number of rotatable bonds is 8. The van der Waals surface area contributed by atoms with Gasteiger partial charge in [0, 0.05) is 16.7 Å². The molecule has 2 aromatic heterocycles. The summed E-state index contributed by atoms with van der Waals surface area (Å²) < 4.78 is 0.947. The number of hydrogen-bond donors (Lipinski definition) is 4. The van der Waals surface area contributed by atoms with Gasteiger partial charge in [0.15, 0.2) is 10.8 Å². The van der Waals surface area contributed by atoms with Crippen LogP contribution in [-0.4, -0.2) is 72.4 Å². The Kier molecular flexibility index (Phi) is 6.89. The Morgan fingerprint density at radius 3 is 2.76 bits per heavy atom. The fraction of sp³-hybridized carbons (Fsp3) is 0.190. The van der Waals surface area contributed by atoms with E-state index in [9.17, 15) is 19.2 Å². The van der Waals surface area contributed by atoms with Crippen molar-refractivity contribution in [3.63, 3.8) is 0 Å². The summed E-state index contributed by atoms with van der Waals surface area (Å²) in [4.78, 5) is 64.1. The smallest absolute Gasteiger partial charge is 0.344 e. The highest BCUT2D eigenvalue weighted by atomic mass is 32.2. The van der Waals surface area contributed by atoms with Gasteiger partial charge in [0.25, 0.3) is 11.8 Å². The predicted octanol–water partition coefficient (Wildman–Crippen LogP) is 1.41. The number of carboxylic acid groups (broad SMARTS) is 1. The molecule has 0 radical (unpaired) electrons. The molecule has 0 saturated carbocycles.